The van der Waals surface area contributed by atoms with Gasteiger partial charge in [-0.3, -0.25) is 4.79 Å². The largest absolute Gasteiger partial charge is 0.379 e. The standard InChI is InChI=1S/C23H29N3O6S2/c27-23(20-5-4-12-26(18-20)34(30,31)21-6-2-1-3-7-21)24-17-19-8-10-22(11-9-19)33(28,29)25-13-15-32-16-14-25/h1-3,6-11,20H,4-5,12-18H2,(H,24,27)/t20-/m0/s1. The van der Waals surface area contributed by atoms with Crippen molar-refractivity contribution in [1.82, 2.24) is 13.9 Å². The zero-order valence-electron chi connectivity index (χ0n) is 18.8. The molecule has 0 saturated carbocycles. The molecule has 2 aromatic carbocycles. The fraction of sp³-hybridized carbons (Fsp3) is 0.435. The molecule has 2 aliphatic heterocycles. The normalized spacial score (nSPS) is 20.6. The van der Waals surface area contributed by atoms with Gasteiger partial charge in [-0.25, -0.2) is 16.8 Å². The Morgan fingerprint density at radius 3 is 2.15 bits per heavy atom. The molecule has 1 atom stereocenters. The van der Waals surface area contributed by atoms with Gasteiger partial charge in [0.05, 0.1) is 28.9 Å². The molecule has 9 nitrogen and oxygen atoms in total. The minimum Gasteiger partial charge on any atom is -0.379 e. The fourth-order valence-electron chi connectivity index (χ4n) is 4.17. The van der Waals surface area contributed by atoms with E-state index >= 15 is 0 Å². The van der Waals surface area contributed by atoms with Gasteiger partial charge in [-0.1, -0.05) is 30.3 Å². The molecule has 2 aliphatic rings. The van der Waals surface area contributed by atoms with Crippen molar-refractivity contribution < 1.29 is 26.4 Å². The summed E-state index contributed by atoms with van der Waals surface area (Å²) in [5.41, 5.74) is 0.763. The number of rotatable bonds is 7. The molecule has 4 rings (SSSR count). The molecule has 0 aliphatic carbocycles. The summed E-state index contributed by atoms with van der Waals surface area (Å²) >= 11 is 0. The van der Waals surface area contributed by atoms with Gasteiger partial charge in [-0.15, -0.1) is 0 Å². The molecule has 0 radical (unpaired) electrons. The highest BCUT2D eigenvalue weighted by molar-refractivity contribution is 7.89. The Labute approximate surface area is 200 Å². The molecule has 184 valence electrons. The molecule has 2 heterocycles. The second-order valence-electron chi connectivity index (χ2n) is 8.39. The highest BCUT2D eigenvalue weighted by atomic mass is 32.2. The van der Waals surface area contributed by atoms with Crippen molar-refractivity contribution in [1.29, 1.82) is 0 Å². The lowest BCUT2D eigenvalue weighted by Crippen LogP contribution is -2.45. The Morgan fingerprint density at radius 1 is 0.853 bits per heavy atom. The third-order valence-corrected chi connectivity index (χ3v) is 9.93. The van der Waals surface area contributed by atoms with Gasteiger partial charge in [0.1, 0.15) is 0 Å². The number of carbonyl (C=O) groups is 1. The number of piperidine rings is 1. The lowest BCUT2D eigenvalue weighted by atomic mass is 9.99. The third-order valence-electron chi connectivity index (χ3n) is 6.13. The number of carbonyl (C=O) groups excluding carboxylic acids is 1. The maximum Gasteiger partial charge on any atom is 0.243 e. The van der Waals surface area contributed by atoms with Crippen LogP contribution >= 0.6 is 0 Å². The van der Waals surface area contributed by atoms with Crippen LogP contribution in [0.25, 0.3) is 0 Å². The van der Waals surface area contributed by atoms with E-state index in [1.807, 2.05) is 0 Å². The van der Waals surface area contributed by atoms with E-state index in [9.17, 15) is 21.6 Å². The zero-order valence-corrected chi connectivity index (χ0v) is 20.4. The minimum atomic E-state index is -3.64. The monoisotopic (exact) mass is 507 g/mol. The molecule has 0 bridgehead atoms. The van der Waals surface area contributed by atoms with Gasteiger partial charge in [0, 0.05) is 32.7 Å². The zero-order chi connectivity index (χ0) is 24.2. The van der Waals surface area contributed by atoms with Crippen LogP contribution in [-0.2, 0) is 36.1 Å². The summed E-state index contributed by atoms with van der Waals surface area (Å²) < 4.78 is 59.3. The molecular formula is C23H29N3O6S2. The number of hydrogen-bond acceptors (Lipinski definition) is 6. The number of amides is 1. The molecule has 2 saturated heterocycles. The van der Waals surface area contributed by atoms with E-state index in [1.54, 1.807) is 54.6 Å². The predicted molar refractivity (Wildman–Crippen MR) is 126 cm³/mol. The van der Waals surface area contributed by atoms with Gasteiger partial charge < -0.3 is 10.1 Å². The first-order valence-corrected chi connectivity index (χ1v) is 14.2. The molecule has 0 spiro atoms. The Kier molecular flexibility index (Phi) is 7.68. The second-order valence-corrected chi connectivity index (χ2v) is 12.3. The Balaban J connectivity index is 1.34. The average molecular weight is 508 g/mol. The summed E-state index contributed by atoms with van der Waals surface area (Å²) in [7, 11) is -7.21. The molecule has 11 heteroatoms. The molecular weight excluding hydrogens is 478 g/mol. The Morgan fingerprint density at radius 2 is 1.47 bits per heavy atom. The van der Waals surface area contributed by atoms with E-state index in [0.29, 0.717) is 45.7 Å². The van der Waals surface area contributed by atoms with Crippen LogP contribution in [0.3, 0.4) is 0 Å². The van der Waals surface area contributed by atoms with Crippen LogP contribution in [0.2, 0.25) is 0 Å². The lowest BCUT2D eigenvalue weighted by Gasteiger charge is -2.31. The number of ether oxygens (including phenoxy) is 1. The van der Waals surface area contributed by atoms with Gasteiger partial charge in [0.2, 0.25) is 26.0 Å². The molecule has 1 amide bonds. The summed E-state index contributed by atoms with van der Waals surface area (Å²) in [5.74, 6) is -0.647. The van der Waals surface area contributed by atoms with Crippen molar-refractivity contribution in [2.75, 3.05) is 39.4 Å². The van der Waals surface area contributed by atoms with E-state index in [-0.39, 0.29) is 28.8 Å². The van der Waals surface area contributed by atoms with Gasteiger partial charge in [0.15, 0.2) is 0 Å². The SMILES string of the molecule is O=C(NCc1ccc(S(=O)(=O)N2CCOCC2)cc1)[C@H]1CCCN(S(=O)(=O)c2ccccc2)C1. The number of morpholine rings is 1. The van der Waals surface area contributed by atoms with Gasteiger partial charge >= 0.3 is 0 Å². The first-order valence-electron chi connectivity index (χ1n) is 11.3. The van der Waals surface area contributed by atoms with E-state index in [4.69, 9.17) is 4.74 Å². The number of benzene rings is 2. The van der Waals surface area contributed by atoms with Gasteiger partial charge in [0.25, 0.3) is 0 Å². The fourth-order valence-corrected chi connectivity index (χ4v) is 7.12. The van der Waals surface area contributed by atoms with Crippen LogP contribution in [0.15, 0.2) is 64.4 Å². The van der Waals surface area contributed by atoms with Crippen LogP contribution in [0.1, 0.15) is 18.4 Å². The first-order chi connectivity index (χ1) is 16.3. The smallest absolute Gasteiger partial charge is 0.243 e. The average Bonchev–Trinajstić information content (AvgIpc) is 2.88. The second kappa shape index (κ2) is 10.5. The van der Waals surface area contributed by atoms with Crippen molar-refractivity contribution in [2.45, 2.75) is 29.2 Å². The number of nitrogens with one attached hydrogen (secondary N) is 1. The van der Waals surface area contributed by atoms with E-state index in [1.165, 1.54) is 8.61 Å². The Hall–Kier alpha value is -2.31. The third kappa shape index (κ3) is 5.49. The molecule has 0 aromatic heterocycles. The van der Waals surface area contributed by atoms with Crippen LogP contribution < -0.4 is 5.32 Å². The van der Waals surface area contributed by atoms with Crippen molar-refractivity contribution in [3.63, 3.8) is 0 Å². The Bertz CT molecular complexity index is 1200. The van der Waals surface area contributed by atoms with Crippen LogP contribution in [0.4, 0.5) is 0 Å². The molecule has 2 fully saturated rings. The quantitative estimate of drug-likeness (QED) is 0.607. The van der Waals surface area contributed by atoms with Crippen molar-refractivity contribution in [3.8, 4) is 0 Å². The highest BCUT2D eigenvalue weighted by Crippen LogP contribution is 2.24. The maximum atomic E-state index is 12.9. The van der Waals surface area contributed by atoms with E-state index in [2.05, 4.69) is 5.32 Å². The maximum absolute atomic E-state index is 12.9. The van der Waals surface area contributed by atoms with Crippen LogP contribution in [0, 0.1) is 5.92 Å². The number of sulfonamides is 2. The molecule has 0 unspecified atom stereocenters. The summed E-state index contributed by atoms with van der Waals surface area (Å²) in [5, 5.41) is 2.87. The van der Waals surface area contributed by atoms with Crippen molar-refractivity contribution >= 4 is 26.0 Å². The van der Waals surface area contributed by atoms with Crippen LogP contribution in [-0.4, -0.2) is 70.7 Å². The summed E-state index contributed by atoms with van der Waals surface area (Å²) in [6.07, 6.45) is 1.22. The van der Waals surface area contributed by atoms with E-state index < -0.39 is 26.0 Å². The van der Waals surface area contributed by atoms with Crippen molar-refractivity contribution in [2.24, 2.45) is 5.92 Å². The predicted octanol–water partition coefficient (Wildman–Crippen LogP) is 1.42. The van der Waals surface area contributed by atoms with E-state index in [0.717, 1.165) is 5.56 Å². The summed E-state index contributed by atoms with van der Waals surface area (Å²) in [6, 6.07) is 14.7. The number of hydrogen-bond donors (Lipinski definition) is 1. The summed E-state index contributed by atoms with van der Waals surface area (Å²) in [4.78, 5) is 13.2. The topological polar surface area (TPSA) is 113 Å². The molecule has 1 N–H and O–H groups in total. The van der Waals surface area contributed by atoms with Crippen LogP contribution in [0.5, 0.6) is 0 Å². The van der Waals surface area contributed by atoms with Crippen molar-refractivity contribution in [3.05, 3.63) is 60.2 Å². The van der Waals surface area contributed by atoms with Gasteiger partial charge in [-0.05, 0) is 42.7 Å². The minimum absolute atomic E-state index is 0.139. The lowest BCUT2D eigenvalue weighted by molar-refractivity contribution is -0.126. The van der Waals surface area contributed by atoms with Gasteiger partial charge in [-0.2, -0.15) is 8.61 Å². The molecule has 34 heavy (non-hydrogen) atoms. The first kappa shape index (κ1) is 24.8. The number of nitrogens with zero attached hydrogens (tertiary/aromatic N) is 2. The molecule has 2 aromatic rings. The highest BCUT2D eigenvalue weighted by Gasteiger charge is 2.33. The summed E-state index contributed by atoms with van der Waals surface area (Å²) in [6.45, 7) is 2.19.